The summed E-state index contributed by atoms with van der Waals surface area (Å²) in [5.41, 5.74) is 4.41. The van der Waals surface area contributed by atoms with E-state index in [1.54, 1.807) is 54.1 Å². The van der Waals surface area contributed by atoms with E-state index in [4.69, 9.17) is 31.5 Å². The summed E-state index contributed by atoms with van der Waals surface area (Å²) in [4.78, 5) is 20.8. The number of esters is 1. The van der Waals surface area contributed by atoms with Gasteiger partial charge in [0, 0.05) is 19.5 Å². The van der Waals surface area contributed by atoms with Gasteiger partial charge in [-0.05, 0) is 24.6 Å². The monoisotopic (exact) mass is 444 g/mol. The summed E-state index contributed by atoms with van der Waals surface area (Å²) in [5.74, 6) is -2.00. The Hall–Kier alpha value is -2.56. The van der Waals surface area contributed by atoms with Gasteiger partial charge in [0.25, 0.3) is 0 Å². The fourth-order valence-corrected chi connectivity index (χ4v) is 4.70. The van der Waals surface area contributed by atoms with Gasteiger partial charge in [0.05, 0.1) is 10.9 Å². The average Bonchev–Trinajstić information content (AvgIpc) is 3.38. The molecule has 3 heterocycles. The number of fused-ring (bicyclic) bond motifs is 2. The van der Waals surface area contributed by atoms with E-state index in [2.05, 4.69) is 9.97 Å². The summed E-state index contributed by atoms with van der Waals surface area (Å²) < 4.78 is 19.3. The molecule has 31 heavy (non-hydrogen) atoms. The van der Waals surface area contributed by atoms with Crippen LogP contribution in [0.5, 0.6) is 0 Å². The quantitative estimate of drug-likeness (QED) is 0.463. The number of aliphatic hydroxyl groups is 1. The molecule has 162 valence electrons. The average molecular weight is 445 g/mol. The van der Waals surface area contributed by atoms with Crippen LogP contribution in [-0.2, 0) is 19.9 Å². The number of nitrogens with two attached hydrogens (primary N) is 1. The van der Waals surface area contributed by atoms with Crippen molar-refractivity contribution in [2.45, 2.75) is 43.1 Å². The molecular formula is C21H21ClN4O5. The second kappa shape index (κ2) is 6.98. The molecule has 1 saturated carbocycles. The number of ether oxygens (including phenoxy) is 3. The molecule has 3 N–H and O–H groups in total. The number of rotatable bonds is 4. The fraction of sp³-hybridized carbons (Fsp3) is 0.381. The molecule has 2 aromatic heterocycles. The molecule has 9 nitrogen and oxygen atoms in total. The SMILES string of the molecule is CC1(N)O[C@@H]2[C@](O)(COC(=O)c3ccccc3)CC[C@@]2(n2ccc3c(Cl)ncnc32)O1. The van der Waals surface area contributed by atoms with E-state index < -0.39 is 29.3 Å². The Bertz CT molecular complexity index is 1150. The molecule has 1 aliphatic heterocycles. The number of hydrogen-bond acceptors (Lipinski definition) is 8. The van der Waals surface area contributed by atoms with Crippen molar-refractivity contribution >= 4 is 28.6 Å². The lowest BCUT2D eigenvalue weighted by Crippen LogP contribution is -2.51. The Labute approximate surface area is 182 Å². The van der Waals surface area contributed by atoms with Crippen molar-refractivity contribution in [3.05, 3.63) is 59.6 Å². The molecule has 0 radical (unpaired) electrons. The highest BCUT2D eigenvalue weighted by molar-refractivity contribution is 6.33. The highest BCUT2D eigenvalue weighted by atomic mass is 35.5. The Balaban J connectivity index is 1.48. The largest absolute Gasteiger partial charge is 0.459 e. The Morgan fingerprint density at radius 1 is 1.32 bits per heavy atom. The van der Waals surface area contributed by atoms with Crippen molar-refractivity contribution in [1.82, 2.24) is 14.5 Å². The number of halogens is 1. The molecule has 2 aliphatic rings. The first-order chi connectivity index (χ1) is 14.7. The van der Waals surface area contributed by atoms with E-state index in [1.807, 2.05) is 0 Å². The Kier molecular flexibility index (Phi) is 4.58. The highest BCUT2D eigenvalue weighted by Crippen LogP contribution is 2.53. The number of carbonyl (C=O) groups excluding carboxylic acids is 1. The number of nitrogens with zero attached hydrogens (tertiary/aromatic N) is 3. The fourth-order valence-electron chi connectivity index (χ4n) is 4.51. The summed E-state index contributed by atoms with van der Waals surface area (Å²) in [6.07, 6.45) is 2.81. The van der Waals surface area contributed by atoms with Gasteiger partial charge in [0.1, 0.15) is 35.4 Å². The van der Waals surface area contributed by atoms with E-state index in [0.29, 0.717) is 28.2 Å². The van der Waals surface area contributed by atoms with Crippen LogP contribution in [0.3, 0.4) is 0 Å². The third kappa shape index (κ3) is 3.20. The first-order valence-electron chi connectivity index (χ1n) is 9.84. The maximum Gasteiger partial charge on any atom is 0.338 e. The minimum absolute atomic E-state index is 0.258. The van der Waals surface area contributed by atoms with Crippen molar-refractivity contribution in [2.75, 3.05) is 6.61 Å². The molecule has 0 spiro atoms. The third-order valence-corrected chi connectivity index (χ3v) is 6.15. The smallest absolute Gasteiger partial charge is 0.338 e. The van der Waals surface area contributed by atoms with Crippen molar-refractivity contribution in [2.24, 2.45) is 5.73 Å². The lowest BCUT2D eigenvalue weighted by molar-refractivity contribution is -0.204. The number of carbonyl (C=O) groups is 1. The normalized spacial score (nSPS) is 32.3. The van der Waals surface area contributed by atoms with Gasteiger partial charge in [-0.15, -0.1) is 0 Å². The molecule has 2 fully saturated rings. The van der Waals surface area contributed by atoms with Gasteiger partial charge >= 0.3 is 5.97 Å². The van der Waals surface area contributed by atoms with Gasteiger partial charge in [-0.2, -0.15) is 0 Å². The molecule has 0 amide bonds. The second-order valence-electron chi connectivity index (χ2n) is 8.09. The van der Waals surface area contributed by atoms with Crippen LogP contribution in [0.1, 0.15) is 30.1 Å². The van der Waals surface area contributed by atoms with E-state index in [0.717, 1.165) is 0 Å². The molecule has 5 rings (SSSR count). The maximum atomic E-state index is 12.4. The van der Waals surface area contributed by atoms with E-state index in [9.17, 15) is 9.90 Å². The second-order valence-corrected chi connectivity index (χ2v) is 8.45. The third-order valence-electron chi connectivity index (χ3n) is 5.85. The van der Waals surface area contributed by atoms with E-state index in [1.165, 1.54) is 6.33 Å². The maximum absolute atomic E-state index is 12.4. The molecule has 1 saturated heterocycles. The molecular weight excluding hydrogens is 424 g/mol. The van der Waals surface area contributed by atoms with Crippen LogP contribution >= 0.6 is 11.6 Å². The standard InChI is InChI=1S/C21H21ClN4O5/c1-19(23)30-18-20(28,11-29-17(27)13-5-3-2-4-6-13)8-9-21(18,31-19)26-10-7-14-15(22)24-12-25-16(14)26/h2-7,10,12,18,28H,8-9,11,23H2,1H3/t18-,19?,20-,21-/m1/s1. The minimum atomic E-state index is -1.52. The summed E-state index contributed by atoms with van der Waals surface area (Å²) >= 11 is 6.20. The van der Waals surface area contributed by atoms with Gasteiger partial charge in [-0.1, -0.05) is 29.8 Å². The van der Waals surface area contributed by atoms with E-state index in [-0.39, 0.29) is 13.0 Å². The number of hydrogen-bond donors (Lipinski definition) is 2. The van der Waals surface area contributed by atoms with Crippen molar-refractivity contribution in [3.8, 4) is 0 Å². The Morgan fingerprint density at radius 2 is 2.10 bits per heavy atom. The van der Waals surface area contributed by atoms with Crippen LogP contribution in [0, 0.1) is 0 Å². The predicted molar refractivity (Wildman–Crippen MR) is 110 cm³/mol. The van der Waals surface area contributed by atoms with Crippen LogP contribution in [0.15, 0.2) is 48.9 Å². The molecule has 0 bridgehead atoms. The van der Waals surface area contributed by atoms with Gasteiger partial charge in [-0.3, -0.25) is 5.73 Å². The van der Waals surface area contributed by atoms with Crippen LogP contribution in [0.25, 0.3) is 11.0 Å². The zero-order valence-electron chi connectivity index (χ0n) is 16.7. The lowest BCUT2D eigenvalue weighted by Gasteiger charge is -2.33. The number of aromatic nitrogens is 3. The van der Waals surface area contributed by atoms with Crippen molar-refractivity contribution < 1.29 is 24.1 Å². The zero-order valence-corrected chi connectivity index (χ0v) is 17.5. The van der Waals surface area contributed by atoms with Gasteiger partial charge in [-0.25, -0.2) is 14.8 Å². The van der Waals surface area contributed by atoms with Crippen molar-refractivity contribution in [3.63, 3.8) is 0 Å². The molecule has 4 atom stereocenters. The van der Waals surface area contributed by atoms with Crippen LogP contribution in [0.2, 0.25) is 5.15 Å². The molecule has 1 aliphatic carbocycles. The summed E-state index contributed by atoms with van der Waals surface area (Å²) in [6, 6.07) is 10.3. The minimum Gasteiger partial charge on any atom is -0.459 e. The lowest BCUT2D eigenvalue weighted by atomic mass is 9.98. The van der Waals surface area contributed by atoms with Crippen LogP contribution in [-0.4, -0.2) is 49.8 Å². The summed E-state index contributed by atoms with van der Waals surface area (Å²) in [6.45, 7) is 1.29. The van der Waals surface area contributed by atoms with Gasteiger partial charge in [0.2, 0.25) is 5.91 Å². The molecule has 3 aromatic rings. The summed E-state index contributed by atoms with van der Waals surface area (Å²) in [5, 5.41) is 12.4. The number of benzene rings is 1. The molecule has 1 unspecified atom stereocenters. The first-order valence-corrected chi connectivity index (χ1v) is 10.2. The summed E-state index contributed by atoms with van der Waals surface area (Å²) in [7, 11) is 0. The topological polar surface area (TPSA) is 122 Å². The van der Waals surface area contributed by atoms with Crippen molar-refractivity contribution in [1.29, 1.82) is 0 Å². The van der Waals surface area contributed by atoms with E-state index >= 15 is 0 Å². The Morgan fingerprint density at radius 3 is 2.87 bits per heavy atom. The highest BCUT2D eigenvalue weighted by Gasteiger charge is 2.68. The molecule has 1 aromatic carbocycles. The van der Waals surface area contributed by atoms with Gasteiger partial charge < -0.3 is 23.9 Å². The molecule has 10 heteroatoms. The predicted octanol–water partition coefficient (Wildman–Crippen LogP) is 2.17. The first kappa shape index (κ1) is 20.3. The van der Waals surface area contributed by atoms with Crippen LogP contribution in [0.4, 0.5) is 0 Å². The van der Waals surface area contributed by atoms with Crippen LogP contribution < -0.4 is 5.73 Å². The van der Waals surface area contributed by atoms with Gasteiger partial charge in [0.15, 0.2) is 5.72 Å². The zero-order chi connectivity index (χ0) is 21.9.